The lowest BCUT2D eigenvalue weighted by Crippen LogP contribution is -2.39. The number of carbonyl (C=O) groups is 2. The van der Waals surface area contributed by atoms with Crippen LogP contribution in [-0.4, -0.2) is 35.4 Å². The Morgan fingerprint density at radius 2 is 1.60 bits per heavy atom. The molecule has 3 rings (SSSR count). The van der Waals surface area contributed by atoms with E-state index in [1.165, 1.54) is 18.1 Å². The molecule has 1 aromatic heterocycles. The van der Waals surface area contributed by atoms with Crippen LogP contribution in [0.3, 0.4) is 0 Å². The van der Waals surface area contributed by atoms with Crippen molar-refractivity contribution in [2.45, 2.75) is 13.5 Å². The van der Waals surface area contributed by atoms with Crippen molar-refractivity contribution in [3.05, 3.63) is 94.3 Å². The predicted molar refractivity (Wildman–Crippen MR) is 115 cm³/mol. The van der Waals surface area contributed by atoms with Crippen molar-refractivity contribution >= 4 is 11.9 Å². The summed E-state index contributed by atoms with van der Waals surface area (Å²) >= 11 is 0. The van der Waals surface area contributed by atoms with Gasteiger partial charge in [0, 0.05) is 18.8 Å². The lowest BCUT2D eigenvalue weighted by Gasteiger charge is -2.25. The molecule has 0 saturated carbocycles. The fraction of sp³-hybridized carbons (Fsp3) is 0.208. The van der Waals surface area contributed by atoms with Gasteiger partial charge in [-0.25, -0.2) is 0 Å². The molecule has 1 N–H and O–H groups in total. The van der Waals surface area contributed by atoms with Crippen LogP contribution in [0.25, 0.3) is 11.3 Å². The fourth-order valence-electron chi connectivity index (χ4n) is 3.23. The van der Waals surface area contributed by atoms with Gasteiger partial charge in [-0.05, 0) is 23.3 Å². The first-order valence-electron chi connectivity index (χ1n) is 9.69. The van der Waals surface area contributed by atoms with Crippen LogP contribution in [0.15, 0.2) is 77.6 Å². The molecule has 0 bridgehead atoms. The first-order chi connectivity index (χ1) is 14.5. The first kappa shape index (κ1) is 21.0. The number of hydrogen-bond acceptors (Lipinski definition) is 4. The van der Waals surface area contributed by atoms with Gasteiger partial charge in [0.25, 0.3) is 11.5 Å². The van der Waals surface area contributed by atoms with E-state index in [9.17, 15) is 14.4 Å². The minimum atomic E-state index is -0.523. The second kappa shape index (κ2) is 9.69. The molecule has 154 valence electrons. The van der Waals surface area contributed by atoms with Crippen molar-refractivity contribution in [3.8, 4) is 11.3 Å². The van der Waals surface area contributed by atoms with Gasteiger partial charge in [0.15, 0.2) is 0 Å². The van der Waals surface area contributed by atoms with Gasteiger partial charge in [-0.15, -0.1) is 0 Å². The molecule has 0 aliphatic rings. The minimum absolute atomic E-state index is 0.0303. The molecule has 0 radical (unpaired) electrons. The third-order valence-corrected chi connectivity index (χ3v) is 4.83. The van der Waals surface area contributed by atoms with E-state index in [4.69, 9.17) is 4.74 Å². The highest BCUT2D eigenvalue weighted by Crippen LogP contribution is 2.16. The summed E-state index contributed by atoms with van der Waals surface area (Å²) < 4.78 is 4.79. The number of rotatable bonds is 7. The number of esters is 1. The van der Waals surface area contributed by atoms with Gasteiger partial charge in [0.2, 0.25) is 0 Å². The summed E-state index contributed by atoms with van der Waals surface area (Å²) in [5.41, 5.74) is 1.96. The van der Waals surface area contributed by atoms with Crippen molar-refractivity contribution in [1.29, 1.82) is 0 Å². The number of methoxy groups -OCH3 is 1. The third kappa shape index (κ3) is 5.03. The Hall–Kier alpha value is -3.67. The largest absolute Gasteiger partial charge is 0.469 e. The summed E-state index contributed by atoms with van der Waals surface area (Å²) in [6.07, 6.45) is 0. The molecule has 0 aliphatic heterocycles. The minimum Gasteiger partial charge on any atom is -0.469 e. The number of H-pyrrole nitrogens is 1. The molecule has 0 saturated heterocycles. The number of aromatic amines is 1. The molecular formula is C24H24N2O4. The van der Waals surface area contributed by atoms with Crippen molar-refractivity contribution in [3.63, 3.8) is 0 Å². The van der Waals surface area contributed by atoms with Gasteiger partial charge >= 0.3 is 5.97 Å². The third-order valence-electron chi connectivity index (χ3n) is 4.83. The molecule has 1 amide bonds. The summed E-state index contributed by atoms with van der Waals surface area (Å²) in [5, 5.41) is 0. The molecule has 1 atom stereocenters. The van der Waals surface area contributed by atoms with Gasteiger partial charge in [-0.2, -0.15) is 0 Å². The van der Waals surface area contributed by atoms with E-state index in [2.05, 4.69) is 4.98 Å². The van der Waals surface area contributed by atoms with Crippen LogP contribution in [0, 0.1) is 5.92 Å². The van der Waals surface area contributed by atoms with Crippen molar-refractivity contribution in [1.82, 2.24) is 9.88 Å². The quantitative estimate of drug-likeness (QED) is 0.612. The molecule has 3 aromatic rings. The lowest BCUT2D eigenvalue weighted by atomic mass is 10.1. The maximum absolute atomic E-state index is 13.2. The van der Waals surface area contributed by atoms with E-state index in [-0.39, 0.29) is 18.7 Å². The summed E-state index contributed by atoms with van der Waals surface area (Å²) in [5.74, 6) is -1.37. The maximum atomic E-state index is 13.2. The predicted octanol–water partition coefficient (Wildman–Crippen LogP) is 3.49. The monoisotopic (exact) mass is 404 g/mol. The van der Waals surface area contributed by atoms with E-state index in [1.807, 2.05) is 60.7 Å². The summed E-state index contributed by atoms with van der Waals surface area (Å²) in [7, 11) is 1.31. The number of aromatic nitrogens is 1. The number of nitrogens with one attached hydrogen (secondary N) is 1. The van der Waals surface area contributed by atoms with Gasteiger partial charge in [0.1, 0.15) is 5.56 Å². The molecular weight excluding hydrogens is 380 g/mol. The number of hydrogen-bond donors (Lipinski definition) is 1. The number of carbonyl (C=O) groups excluding carboxylic acids is 2. The average Bonchev–Trinajstić information content (AvgIpc) is 2.78. The molecule has 6 nitrogen and oxygen atoms in total. The lowest BCUT2D eigenvalue weighted by molar-refractivity contribution is -0.145. The molecule has 0 spiro atoms. The van der Waals surface area contributed by atoms with Gasteiger partial charge < -0.3 is 14.6 Å². The SMILES string of the molecule is COC(=O)C(C)CN(Cc1ccccc1)C(=O)c1ccc(-c2ccccc2)[nH]c1=O. The normalized spacial score (nSPS) is 11.5. The molecule has 0 fully saturated rings. The molecule has 0 aliphatic carbocycles. The van der Waals surface area contributed by atoms with Gasteiger partial charge in [-0.1, -0.05) is 67.6 Å². The van der Waals surface area contributed by atoms with E-state index in [0.29, 0.717) is 5.69 Å². The van der Waals surface area contributed by atoms with E-state index >= 15 is 0 Å². The van der Waals surface area contributed by atoms with Crippen LogP contribution < -0.4 is 5.56 Å². The van der Waals surface area contributed by atoms with E-state index < -0.39 is 23.4 Å². The summed E-state index contributed by atoms with van der Waals surface area (Å²) in [4.78, 5) is 42.1. The second-order valence-corrected chi connectivity index (χ2v) is 7.08. The Morgan fingerprint density at radius 1 is 0.967 bits per heavy atom. The summed E-state index contributed by atoms with van der Waals surface area (Å²) in [6.45, 7) is 2.11. The smallest absolute Gasteiger partial charge is 0.310 e. The van der Waals surface area contributed by atoms with Gasteiger partial charge in [0.05, 0.1) is 13.0 Å². The summed E-state index contributed by atoms with van der Waals surface area (Å²) in [6, 6.07) is 22.1. The zero-order valence-corrected chi connectivity index (χ0v) is 17.0. The highest BCUT2D eigenvalue weighted by molar-refractivity contribution is 5.94. The van der Waals surface area contributed by atoms with Gasteiger partial charge in [-0.3, -0.25) is 14.4 Å². The van der Waals surface area contributed by atoms with Crippen LogP contribution in [0.2, 0.25) is 0 Å². The van der Waals surface area contributed by atoms with Crippen molar-refractivity contribution < 1.29 is 14.3 Å². The molecule has 1 unspecified atom stereocenters. The highest BCUT2D eigenvalue weighted by Gasteiger charge is 2.24. The first-order valence-corrected chi connectivity index (χ1v) is 9.69. The number of amides is 1. The average molecular weight is 404 g/mol. The maximum Gasteiger partial charge on any atom is 0.310 e. The topological polar surface area (TPSA) is 79.5 Å². The number of benzene rings is 2. The Balaban J connectivity index is 1.89. The Bertz CT molecular complexity index is 1060. The zero-order chi connectivity index (χ0) is 21.5. The van der Waals surface area contributed by atoms with Crippen LogP contribution in [0.5, 0.6) is 0 Å². The zero-order valence-electron chi connectivity index (χ0n) is 17.0. The second-order valence-electron chi connectivity index (χ2n) is 7.08. The number of nitrogens with zero attached hydrogens (tertiary/aromatic N) is 1. The Labute approximate surface area is 175 Å². The number of pyridine rings is 1. The van der Waals surface area contributed by atoms with Crippen LogP contribution in [-0.2, 0) is 16.1 Å². The van der Waals surface area contributed by atoms with Crippen molar-refractivity contribution in [2.75, 3.05) is 13.7 Å². The Kier molecular flexibility index (Phi) is 6.80. The molecule has 2 aromatic carbocycles. The number of ether oxygens (including phenoxy) is 1. The molecule has 30 heavy (non-hydrogen) atoms. The van der Waals surface area contributed by atoms with E-state index in [1.54, 1.807) is 13.0 Å². The van der Waals surface area contributed by atoms with E-state index in [0.717, 1.165) is 11.1 Å². The molecule has 6 heteroatoms. The molecule has 1 heterocycles. The van der Waals surface area contributed by atoms with Crippen molar-refractivity contribution in [2.24, 2.45) is 5.92 Å². The van der Waals surface area contributed by atoms with Crippen LogP contribution in [0.4, 0.5) is 0 Å². The van der Waals surface area contributed by atoms with Crippen LogP contribution in [0.1, 0.15) is 22.8 Å². The van der Waals surface area contributed by atoms with Crippen LogP contribution >= 0.6 is 0 Å². The highest BCUT2D eigenvalue weighted by atomic mass is 16.5. The standard InChI is InChI=1S/C24H24N2O4/c1-17(24(29)30-2)15-26(16-18-9-5-3-6-10-18)23(28)20-13-14-21(25-22(20)27)19-11-7-4-8-12-19/h3-14,17H,15-16H2,1-2H3,(H,25,27). The Morgan fingerprint density at radius 3 is 2.20 bits per heavy atom. The fourth-order valence-corrected chi connectivity index (χ4v) is 3.23.